The van der Waals surface area contributed by atoms with E-state index in [2.05, 4.69) is 23.8 Å². The van der Waals surface area contributed by atoms with Crippen molar-refractivity contribution in [3.8, 4) is 0 Å². The van der Waals surface area contributed by atoms with E-state index in [1.807, 2.05) is 13.8 Å². The Hall–Kier alpha value is -0.770. The topological polar surface area (TPSA) is 45.8 Å². The summed E-state index contributed by atoms with van der Waals surface area (Å²) in [7, 11) is 0. The average Bonchev–Trinajstić information content (AvgIpc) is 2.13. The van der Waals surface area contributed by atoms with Gasteiger partial charge >= 0.3 is 0 Å². The Kier molecular flexibility index (Phi) is 4.39. The molecule has 0 radical (unpaired) electrons. The van der Waals surface area contributed by atoms with Crippen molar-refractivity contribution in [2.24, 2.45) is 5.92 Å². The average molecular weight is 226 g/mol. The standard InChI is InChI=1S/C11H18N2OS/c1-7(2)6-15-11-12-9(8(3)4)5-10(14)13-11/h5,7-8H,6H2,1-4H3,(H,12,13,14). The van der Waals surface area contributed by atoms with E-state index in [4.69, 9.17) is 0 Å². The van der Waals surface area contributed by atoms with Crippen LogP contribution in [0.3, 0.4) is 0 Å². The van der Waals surface area contributed by atoms with E-state index in [-0.39, 0.29) is 5.56 Å². The van der Waals surface area contributed by atoms with Gasteiger partial charge in [0, 0.05) is 11.8 Å². The Morgan fingerprint density at radius 2 is 2.07 bits per heavy atom. The van der Waals surface area contributed by atoms with E-state index in [0.29, 0.717) is 11.8 Å². The van der Waals surface area contributed by atoms with Gasteiger partial charge in [0.1, 0.15) is 0 Å². The second-order valence-electron chi connectivity index (χ2n) is 4.33. The Morgan fingerprint density at radius 1 is 1.40 bits per heavy atom. The molecular formula is C11H18N2OS. The molecule has 0 saturated carbocycles. The lowest BCUT2D eigenvalue weighted by Crippen LogP contribution is -2.11. The molecule has 0 spiro atoms. The zero-order chi connectivity index (χ0) is 11.4. The molecular weight excluding hydrogens is 208 g/mol. The predicted octanol–water partition coefficient (Wildman–Crippen LogP) is 2.64. The minimum Gasteiger partial charge on any atom is -0.301 e. The first kappa shape index (κ1) is 12.3. The van der Waals surface area contributed by atoms with Crippen LogP contribution in [-0.2, 0) is 0 Å². The molecule has 0 aliphatic rings. The molecule has 0 bridgehead atoms. The molecule has 1 rings (SSSR count). The maximum Gasteiger partial charge on any atom is 0.251 e. The highest BCUT2D eigenvalue weighted by atomic mass is 32.2. The number of hydrogen-bond donors (Lipinski definition) is 1. The first-order valence-corrected chi connectivity index (χ1v) is 6.21. The first-order chi connectivity index (χ1) is 6.99. The van der Waals surface area contributed by atoms with E-state index >= 15 is 0 Å². The summed E-state index contributed by atoms with van der Waals surface area (Å²) in [6.07, 6.45) is 0. The third kappa shape index (κ3) is 4.08. The lowest BCUT2D eigenvalue weighted by molar-refractivity contribution is 0.740. The van der Waals surface area contributed by atoms with Gasteiger partial charge in [-0.25, -0.2) is 4.98 Å². The zero-order valence-electron chi connectivity index (χ0n) is 9.70. The van der Waals surface area contributed by atoms with E-state index in [9.17, 15) is 4.79 Å². The fraction of sp³-hybridized carbons (Fsp3) is 0.636. The van der Waals surface area contributed by atoms with Gasteiger partial charge < -0.3 is 4.98 Å². The maximum absolute atomic E-state index is 11.4. The zero-order valence-corrected chi connectivity index (χ0v) is 10.5. The molecule has 0 aliphatic heterocycles. The van der Waals surface area contributed by atoms with Crippen LogP contribution in [-0.4, -0.2) is 15.7 Å². The monoisotopic (exact) mass is 226 g/mol. The van der Waals surface area contributed by atoms with Crippen LogP contribution in [0.5, 0.6) is 0 Å². The maximum atomic E-state index is 11.4. The molecule has 4 heteroatoms. The third-order valence-corrected chi connectivity index (χ3v) is 3.18. The molecule has 0 saturated heterocycles. The Balaban J connectivity index is 2.84. The highest BCUT2D eigenvalue weighted by Gasteiger charge is 2.06. The van der Waals surface area contributed by atoms with Crippen molar-refractivity contribution >= 4 is 11.8 Å². The highest BCUT2D eigenvalue weighted by molar-refractivity contribution is 7.99. The molecule has 0 amide bonds. The van der Waals surface area contributed by atoms with Gasteiger partial charge in [-0.3, -0.25) is 4.79 Å². The number of aromatic amines is 1. The van der Waals surface area contributed by atoms with Crippen LogP contribution in [0.2, 0.25) is 0 Å². The second kappa shape index (κ2) is 5.35. The summed E-state index contributed by atoms with van der Waals surface area (Å²) in [6.45, 7) is 8.38. The number of rotatable bonds is 4. The molecule has 0 unspecified atom stereocenters. The number of thioether (sulfide) groups is 1. The minimum absolute atomic E-state index is 0.0556. The molecule has 1 heterocycles. The lowest BCUT2D eigenvalue weighted by Gasteiger charge is -2.07. The van der Waals surface area contributed by atoms with Crippen LogP contribution >= 0.6 is 11.8 Å². The smallest absolute Gasteiger partial charge is 0.251 e. The quantitative estimate of drug-likeness (QED) is 0.634. The number of nitrogens with zero attached hydrogens (tertiary/aromatic N) is 1. The van der Waals surface area contributed by atoms with Crippen LogP contribution in [0.1, 0.15) is 39.3 Å². The Morgan fingerprint density at radius 3 is 2.60 bits per heavy atom. The van der Waals surface area contributed by atoms with Crippen molar-refractivity contribution in [2.75, 3.05) is 5.75 Å². The lowest BCUT2D eigenvalue weighted by atomic mass is 10.1. The van der Waals surface area contributed by atoms with E-state index in [1.165, 1.54) is 0 Å². The molecule has 15 heavy (non-hydrogen) atoms. The molecule has 0 fully saturated rings. The fourth-order valence-electron chi connectivity index (χ4n) is 1.06. The van der Waals surface area contributed by atoms with Gasteiger partial charge in [0.25, 0.3) is 5.56 Å². The SMILES string of the molecule is CC(C)CSc1nc(C(C)C)cc(=O)[nH]1. The predicted molar refractivity (Wildman–Crippen MR) is 64.5 cm³/mol. The molecule has 1 aromatic rings. The number of aromatic nitrogens is 2. The van der Waals surface area contributed by atoms with E-state index in [1.54, 1.807) is 17.8 Å². The van der Waals surface area contributed by atoms with E-state index < -0.39 is 0 Å². The van der Waals surface area contributed by atoms with Gasteiger partial charge in [-0.15, -0.1) is 0 Å². The van der Waals surface area contributed by atoms with Crippen LogP contribution in [0.4, 0.5) is 0 Å². The summed E-state index contributed by atoms with van der Waals surface area (Å²) in [6, 6.07) is 1.57. The Bertz CT molecular complexity index is 371. The van der Waals surface area contributed by atoms with Crippen LogP contribution in [0, 0.1) is 5.92 Å². The molecule has 3 nitrogen and oxygen atoms in total. The molecule has 0 aliphatic carbocycles. The van der Waals surface area contributed by atoms with Gasteiger partial charge in [0.15, 0.2) is 5.16 Å². The van der Waals surface area contributed by atoms with Crippen molar-refractivity contribution in [1.82, 2.24) is 9.97 Å². The van der Waals surface area contributed by atoms with Gasteiger partial charge in [0.05, 0.1) is 5.69 Å². The third-order valence-electron chi connectivity index (χ3n) is 1.88. The summed E-state index contributed by atoms with van der Waals surface area (Å²) < 4.78 is 0. The number of nitrogens with one attached hydrogen (secondary N) is 1. The van der Waals surface area contributed by atoms with Crippen molar-refractivity contribution in [1.29, 1.82) is 0 Å². The van der Waals surface area contributed by atoms with Crippen molar-refractivity contribution in [3.63, 3.8) is 0 Å². The van der Waals surface area contributed by atoms with Crippen LogP contribution < -0.4 is 5.56 Å². The van der Waals surface area contributed by atoms with Gasteiger partial charge in [0.2, 0.25) is 0 Å². The van der Waals surface area contributed by atoms with Gasteiger partial charge in [-0.05, 0) is 11.8 Å². The highest BCUT2D eigenvalue weighted by Crippen LogP contribution is 2.17. The molecule has 84 valence electrons. The van der Waals surface area contributed by atoms with Gasteiger partial charge in [-0.1, -0.05) is 39.5 Å². The number of H-pyrrole nitrogens is 1. The van der Waals surface area contributed by atoms with Crippen molar-refractivity contribution < 1.29 is 0 Å². The van der Waals surface area contributed by atoms with Crippen LogP contribution in [0.15, 0.2) is 16.0 Å². The summed E-state index contributed by atoms with van der Waals surface area (Å²) in [4.78, 5) is 18.5. The molecule has 1 N–H and O–H groups in total. The first-order valence-electron chi connectivity index (χ1n) is 5.23. The minimum atomic E-state index is -0.0556. The molecule has 1 aromatic heterocycles. The summed E-state index contributed by atoms with van der Waals surface area (Å²) in [5, 5.41) is 0.736. The second-order valence-corrected chi connectivity index (χ2v) is 5.34. The Labute approximate surface area is 94.7 Å². The van der Waals surface area contributed by atoms with Gasteiger partial charge in [-0.2, -0.15) is 0 Å². The largest absolute Gasteiger partial charge is 0.301 e. The normalized spacial score (nSPS) is 11.3. The summed E-state index contributed by atoms with van der Waals surface area (Å²) >= 11 is 1.61. The summed E-state index contributed by atoms with van der Waals surface area (Å²) in [5.74, 6) is 1.87. The van der Waals surface area contributed by atoms with Crippen molar-refractivity contribution in [2.45, 2.75) is 38.8 Å². The van der Waals surface area contributed by atoms with E-state index in [0.717, 1.165) is 16.6 Å². The summed E-state index contributed by atoms with van der Waals surface area (Å²) in [5.41, 5.74) is 0.810. The molecule has 0 atom stereocenters. The van der Waals surface area contributed by atoms with Crippen LogP contribution in [0.25, 0.3) is 0 Å². The molecule has 0 aromatic carbocycles. The number of hydrogen-bond acceptors (Lipinski definition) is 3. The van der Waals surface area contributed by atoms with Crippen molar-refractivity contribution in [3.05, 3.63) is 22.1 Å². The fourth-order valence-corrected chi connectivity index (χ4v) is 1.90.